The summed E-state index contributed by atoms with van der Waals surface area (Å²) >= 11 is 0. The summed E-state index contributed by atoms with van der Waals surface area (Å²) < 4.78 is 16.9. The average molecular weight is 337 g/mol. The van der Waals surface area contributed by atoms with Gasteiger partial charge in [-0.2, -0.15) is 0 Å². The number of hydrogen-bond donors (Lipinski definition) is 0. The zero-order valence-electron chi connectivity index (χ0n) is 13.7. The first-order chi connectivity index (χ1) is 12.4. The van der Waals surface area contributed by atoms with Gasteiger partial charge in [0.1, 0.15) is 17.6 Å². The molecule has 0 unspecified atom stereocenters. The van der Waals surface area contributed by atoms with E-state index in [1.54, 1.807) is 24.9 Å². The van der Waals surface area contributed by atoms with E-state index in [1.165, 1.54) is 5.56 Å². The molecule has 3 heterocycles. The molecule has 0 bridgehead atoms. The zero-order valence-corrected chi connectivity index (χ0v) is 13.7. The van der Waals surface area contributed by atoms with E-state index in [0.29, 0.717) is 12.5 Å². The molecule has 0 amide bonds. The SMILES string of the molecule is c1coc([C@H]2CN(Cc3ccc(Oc4cnccn4)cc3)CCO2)c1. The standard InChI is InChI=1S/C19H19N3O3/c1-2-17(23-10-1)18-14-22(9-11-24-18)13-15-3-5-16(6-4-15)25-19-12-20-7-8-21-19/h1-8,10,12,18H,9,11,13-14H2/t18-/m1/s1. The first-order valence-electron chi connectivity index (χ1n) is 8.27. The van der Waals surface area contributed by atoms with Gasteiger partial charge in [0.15, 0.2) is 0 Å². The zero-order chi connectivity index (χ0) is 16.9. The molecule has 3 aromatic rings. The number of rotatable bonds is 5. The van der Waals surface area contributed by atoms with E-state index in [-0.39, 0.29) is 6.10 Å². The monoisotopic (exact) mass is 337 g/mol. The van der Waals surface area contributed by atoms with Gasteiger partial charge in [-0.25, -0.2) is 4.98 Å². The lowest BCUT2D eigenvalue weighted by atomic mass is 10.1. The van der Waals surface area contributed by atoms with Gasteiger partial charge in [0.25, 0.3) is 0 Å². The fourth-order valence-electron chi connectivity index (χ4n) is 2.87. The summed E-state index contributed by atoms with van der Waals surface area (Å²) in [7, 11) is 0. The van der Waals surface area contributed by atoms with Crippen LogP contribution in [0.15, 0.2) is 65.7 Å². The van der Waals surface area contributed by atoms with Crippen LogP contribution in [0.5, 0.6) is 11.6 Å². The first-order valence-corrected chi connectivity index (χ1v) is 8.27. The fourth-order valence-corrected chi connectivity index (χ4v) is 2.87. The Balaban J connectivity index is 1.36. The first kappa shape index (κ1) is 15.8. The van der Waals surface area contributed by atoms with Crippen LogP contribution in [0.25, 0.3) is 0 Å². The molecule has 25 heavy (non-hydrogen) atoms. The van der Waals surface area contributed by atoms with E-state index in [4.69, 9.17) is 13.9 Å². The second-order valence-corrected chi connectivity index (χ2v) is 5.90. The topological polar surface area (TPSA) is 60.6 Å². The lowest BCUT2D eigenvalue weighted by molar-refractivity contribution is -0.0427. The highest BCUT2D eigenvalue weighted by atomic mass is 16.5. The number of nitrogens with zero attached hydrogens (tertiary/aromatic N) is 3. The molecule has 1 atom stereocenters. The van der Waals surface area contributed by atoms with Gasteiger partial charge in [-0.05, 0) is 29.8 Å². The normalized spacial score (nSPS) is 18.2. The molecule has 0 aliphatic carbocycles. The van der Waals surface area contributed by atoms with Gasteiger partial charge in [0, 0.05) is 32.0 Å². The van der Waals surface area contributed by atoms with Crippen LogP contribution in [-0.2, 0) is 11.3 Å². The Kier molecular flexibility index (Phi) is 4.72. The number of furan rings is 1. The van der Waals surface area contributed by atoms with E-state index in [2.05, 4.69) is 27.0 Å². The van der Waals surface area contributed by atoms with Crippen LogP contribution in [0.2, 0.25) is 0 Å². The average Bonchev–Trinajstić information content (AvgIpc) is 3.19. The molecule has 2 aromatic heterocycles. The van der Waals surface area contributed by atoms with E-state index < -0.39 is 0 Å². The summed E-state index contributed by atoms with van der Waals surface area (Å²) in [5, 5.41) is 0. The molecule has 1 aromatic carbocycles. The molecule has 0 radical (unpaired) electrons. The van der Waals surface area contributed by atoms with Crippen molar-refractivity contribution in [3.63, 3.8) is 0 Å². The Morgan fingerprint density at radius 1 is 1.16 bits per heavy atom. The summed E-state index contributed by atoms with van der Waals surface area (Å²) in [6, 6.07) is 11.9. The molecule has 0 N–H and O–H groups in total. The molecule has 6 nitrogen and oxygen atoms in total. The summed E-state index contributed by atoms with van der Waals surface area (Å²) in [5.41, 5.74) is 1.23. The number of aromatic nitrogens is 2. The van der Waals surface area contributed by atoms with Crippen molar-refractivity contribution >= 4 is 0 Å². The van der Waals surface area contributed by atoms with Crippen LogP contribution in [0.1, 0.15) is 17.4 Å². The van der Waals surface area contributed by atoms with Crippen molar-refractivity contribution in [1.82, 2.24) is 14.9 Å². The smallest absolute Gasteiger partial charge is 0.237 e. The van der Waals surface area contributed by atoms with Gasteiger partial charge >= 0.3 is 0 Å². The maximum atomic E-state index is 5.81. The van der Waals surface area contributed by atoms with E-state index in [1.807, 2.05) is 24.3 Å². The number of hydrogen-bond acceptors (Lipinski definition) is 6. The van der Waals surface area contributed by atoms with Gasteiger partial charge in [0.05, 0.1) is 19.1 Å². The minimum Gasteiger partial charge on any atom is -0.467 e. The third-order valence-electron chi connectivity index (χ3n) is 4.10. The highest BCUT2D eigenvalue weighted by molar-refractivity contribution is 5.29. The van der Waals surface area contributed by atoms with E-state index in [9.17, 15) is 0 Å². The third-order valence-corrected chi connectivity index (χ3v) is 4.10. The molecule has 1 fully saturated rings. The molecule has 6 heteroatoms. The maximum Gasteiger partial charge on any atom is 0.237 e. The second-order valence-electron chi connectivity index (χ2n) is 5.90. The fraction of sp³-hybridized carbons (Fsp3) is 0.263. The largest absolute Gasteiger partial charge is 0.467 e. The molecular formula is C19H19N3O3. The van der Waals surface area contributed by atoms with E-state index >= 15 is 0 Å². The lowest BCUT2D eigenvalue weighted by Gasteiger charge is -2.31. The van der Waals surface area contributed by atoms with E-state index in [0.717, 1.165) is 31.1 Å². The number of benzene rings is 1. The molecule has 1 aliphatic rings. The summed E-state index contributed by atoms with van der Waals surface area (Å²) in [6.07, 6.45) is 6.51. The van der Waals surface area contributed by atoms with Crippen LogP contribution in [-0.4, -0.2) is 34.6 Å². The van der Waals surface area contributed by atoms with Gasteiger partial charge < -0.3 is 13.9 Å². The quantitative estimate of drug-likeness (QED) is 0.711. The molecule has 128 valence electrons. The van der Waals surface area contributed by atoms with Crippen molar-refractivity contribution in [2.45, 2.75) is 12.6 Å². The Bertz CT molecular complexity index is 775. The lowest BCUT2D eigenvalue weighted by Crippen LogP contribution is -2.37. The minimum atomic E-state index is 0.00279. The van der Waals surface area contributed by atoms with Crippen LogP contribution in [0, 0.1) is 0 Å². The number of morpholine rings is 1. The summed E-state index contributed by atoms with van der Waals surface area (Å²) in [6.45, 7) is 3.31. The molecular weight excluding hydrogens is 318 g/mol. The van der Waals surface area contributed by atoms with Crippen molar-refractivity contribution < 1.29 is 13.9 Å². The minimum absolute atomic E-state index is 0.00279. The van der Waals surface area contributed by atoms with Crippen LogP contribution in [0.3, 0.4) is 0 Å². The van der Waals surface area contributed by atoms with Crippen molar-refractivity contribution in [3.8, 4) is 11.6 Å². The second kappa shape index (κ2) is 7.46. The van der Waals surface area contributed by atoms with Gasteiger partial charge in [-0.3, -0.25) is 9.88 Å². The van der Waals surface area contributed by atoms with Crippen LogP contribution >= 0.6 is 0 Å². The highest BCUT2D eigenvalue weighted by Gasteiger charge is 2.23. The summed E-state index contributed by atoms with van der Waals surface area (Å²) in [5.74, 6) is 2.13. The van der Waals surface area contributed by atoms with Crippen molar-refractivity contribution in [2.24, 2.45) is 0 Å². The maximum absolute atomic E-state index is 5.81. The predicted molar refractivity (Wildman–Crippen MR) is 91.2 cm³/mol. The van der Waals surface area contributed by atoms with Gasteiger partial charge in [-0.1, -0.05) is 12.1 Å². The van der Waals surface area contributed by atoms with Crippen molar-refractivity contribution in [1.29, 1.82) is 0 Å². The van der Waals surface area contributed by atoms with Crippen molar-refractivity contribution in [2.75, 3.05) is 19.7 Å². The van der Waals surface area contributed by atoms with Crippen molar-refractivity contribution in [3.05, 3.63) is 72.6 Å². The number of ether oxygens (including phenoxy) is 2. The Hall–Kier alpha value is -2.70. The summed E-state index contributed by atoms with van der Waals surface area (Å²) in [4.78, 5) is 10.5. The van der Waals surface area contributed by atoms with Gasteiger partial charge in [-0.15, -0.1) is 0 Å². The molecule has 0 spiro atoms. The Morgan fingerprint density at radius 3 is 2.84 bits per heavy atom. The predicted octanol–water partition coefficient (Wildman–Crippen LogP) is 3.44. The Labute approximate surface area is 146 Å². The molecule has 1 aliphatic heterocycles. The Morgan fingerprint density at radius 2 is 2.08 bits per heavy atom. The van der Waals surface area contributed by atoms with Gasteiger partial charge in [0.2, 0.25) is 5.88 Å². The molecule has 1 saturated heterocycles. The third kappa shape index (κ3) is 4.04. The molecule has 0 saturated carbocycles. The van der Waals surface area contributed by atoms with Crippen LogP contribution < -0.4 is 4.74 Å². The molecule has 4 rings (SSSR count). The van der Waals surface area contributed by atoms with Crippen LogP contribution in [0.4, 0.5) is 0 Å². The highest BCUT2D eigenvalue weighted by Crippen LogP contribution is 2.24.